The molecule has 30 heavy (non-hydrogen) atoms. The number of amides is 1. The number of aromatic nitrogens is 2. The number of fused-ring (bicyclic) bond motifs is 2. The second-order valence-corrected chi connectivity index (χ2v) is 8.44. The van der Waals surface area contributed by atoms with Crippen molar-refractivity contribution in [3.8, 4) is 0 Å². The van der Waals surface area contributed by atoms with Crippen LogP contribution >= 0.6 is 12.4 Å². The Labute approximate surface area is 178 Å². The van der Waals surface area contributed by atoms with E-state index in [0.29, 0.717) is 43.7 Å². The maximum Gasteiger partial charge on any atom is 0.416 e. The van der Waals surface area contributed by atoms with Gasteiger partial charge in [-0.25, -0.2) is 0 Å². The summed E-state index contributed by atoms with van der Waals surface area (Å²) >= 11 is 0. The summed E-state index contributed by atoms with van der Waals surface area (Å²) in [5.41, 5.74) is 2.35. The number of aromatic amines is 1. The molecule has 0 radical (unpaired) electrons. The molecule has 2 aliphatic heterocycles. The molecule has 3 aliphatic rings. The quantitative estimate of drug-likeness (QED) is 0.747. The van der Waals surface area contributed by atoms with Gasteiger partial charge in [0.05, 0.1) is 5.56 Å². The fourth-order valence-corrected chi connectivity index (χ4v) is 5.38. The van der Waals surface area contributed by atoms with Crippen molar-refractivity contribution in [2.45, 2.75) is 37.9 Å². The highest BCUT2D eigenvalue weighted by Crippen LogP contribution is 2.49. The summed E-state index contributed by atoms with van der Waals surface area (Å²) in [7, 11) is 0. The monoisotopic (exact) mass is 440 g/mol. The van der Waals surface area contributed by atoms with Gasteiger partial charge in [0.25, 0.3) is 5.91 Å². The number of H-pyrrole nitrogens is 1. The number of hydrogen-bond acceptors (Lipinski definition) is 3. The Bertz CT molecular complexity index is 931. The van der Waals surface area contributed by atoms with Gasteiger partial charge in [-0.2, -0.15) is 18.3 Å². The Morgan fingerprint density at radius 2 is 1.83 bits per heavy atom. The smallest absolute Gasteiger partial charge is 0.337 e. The average Bonchev–Trinajstić information content (AvgIpc) is 3.39. The van der Waals surface area contributed by atoms with Crippen molar-refractivity contribution in [3.05, 3.63) is 52.3 Å². The van der Waals surface area contributed by atoms with Crippen LogP contribution in [0.5, 0.6) is 0 Å². The lowest BCUT2D eigenvalue weighted by molar-refractivity contribution is -0.138. The number of carbonyl (C=O) groups is 1. The zero-order chi connectivity index (χ0) is 20.2. The number of halogens is 4. The molecule has 3 heterocycles. The van der Waals surface area contributed by atoms with E-state index in [4.69, 9.17) is 0 Å². The first kappa shape index (κ1) is 21.2. The molecule has 2 N–H and O–H groups in total. The predicted octanol–water partition coefficient (Wildman–Crippen LogP) is 3.76. The van der Waals surface area contributed by atoms with Crippen LogP contribution in [-0.4, -0.2) is 40.6 Å². The van der Waals surface area contributed by atoms with Crippen LogP contribution in [0, 0.1) is 11.8 Å². The van der Waals surface area contributed by atoms with Gasteiger partial charge in [0, 0.05) is 43.9 Å². The average molecular weight is 441 g/mol. The molecule has 1 unspecified atom stereocenters. The molecule has 1 amide bonds. The van der Waals surface area contributed by atoms with E-state index in [9.17, 15) is 18.0 Å². The highest BCUT2D eigenvalue weighted by Gasteiger charge is 2.45. The van der Waals surface area contributed by atoms with Crippen molar-refractivity contribution in [2.24, 2.45) is 11.8 Å². The van der Waals surface area contributed by atoms with Crippen molar-refractivity contribution in [1.29, 1.82) is 0 Å². The van der Waals surface area contributed by atoms with Gasteiger partial charge < -0.3 is 10.2 Å². The lowest BCUT2D eigenvalue weighted by Gasteiger charge is -2.21. The standard InChI is InChI=1S/C21H23F3N4O.ClH/c22-21(23,24)17-4-2-1-3-15(17)12-7-13-10-28(11-14(13)8-12)20(29)19-16-9-25-6-5-18(16)26-27-19;/h1-4,12-14,25H,5-11H2,(H,26,27);1H/t12?,13-,14+;. The maximum atomic E-state index is 13.4. The van der Waals surface area contributed by atoms with Gasteiger partial charge in [-0.05, 0) is 42.2 Å². The van der Waals surface area contributed by atoms with E-state index < -0.39 is 11.7 Å². The van der Waals surface area contributed by atoms with Gasteiger partial charge in [0.2, 0.25) is 0 Å². The fraction of sp³-hybridized carbons (Fsp3) is 0.524. The summed E-state index contributed by atoms with van der Waals surface area (Å²) in [5.74, 6) is 0.339. The van der Waals surface area contributed by atoms with E-state index in [2.05, 4.69) is 15.5 Å². The first-order valence-electron chi connectivity index (χ1n) is 10.1. The topological polar surface area (TPSA) is 61.0 Å². The Kier molecular flexibility index (Phi) is 5.57. The number of likely N-dealkylation sites (tertiary alicyclic amines) is 1. The van der Waals surface area contributed by atoms with Gasteiger partial charge >= 0.3 is 6.18 Å². The first-order valence-corrected chi connectivity index (χ1v) is 10.1. The van der Waals surface area contributed by atoms with E-state index in [1.54, 1.807) is 12.1 Å². The van der Waals surface area contributed by atoms with Crippen LogP contribution in [0.15, 0.2) is 24.3 Å². The largest absolute Gasteiger partial charge is 0.416 e. The van der Waals surface area contributed by atoms with Gasteiger partial charge in [-0.15, -0.1) is 12.4 Å². The van der Waals surface area contributed by atoms with Crippen LogP contribution in [0.4, 0.5) is 13.2 Å². The number of rotatable bonds is 2. The van der Waals surface area contributed by atoms with E-state index in [-0.39, 0.29) is 36.1 Å². The number of hydrogen-bond donors (Lipinski definition) is 2. The SMILES string of the molecule is Cl.O=C(c1n[nH]c2c1CNCC2)N1C[C@H]2CC(c3ccccc3C(F)(F)F)C[C@H]2C1. The van der Waals surface area contributed by atoms with Crippen LogP contribution in [0.25, 0.3) is 0 Å². The lowest BCUT2D eigenvalue weighted by Crippen LogP contribution is -2.32. The predicted molar refractivity (Wildman–Crippen MR) is 108 cm³/mol. The highest BCUT2D eigenvalue weighted by molar-refractivity contribution is 5.94. The van der Waals surface area contributed by atoms with Crippen LogP contribution in [-0.2, 0) is 19.1 Å². The first-order chi connectivity index (χ1) is 13.9. The summed E-state index contributed by atoms with van der Waals surface area (Å²) in [5, 5.41) is 10.5. The highest BCUT2D eigenvalue weighted by atomic mass is 35.5. The zero-order valence-electron chi connectivity index (χ0n) is 16.3. The van der Waals surface area contributed by atoms with E-state index >= 15 is 0 Å². The molecule has 1 aromatic heterocycles. The molecule has 0 spiro atoms. The minimum atomic E-state index is -4.33. The molecule has 1 saturated carbocycles. The third-order valence-electron chi connectivity index (χ3n) is 6.75. The Morgan fingerprint density at radius 3 is 2.53 bits per heavy atom. The summed E-state index contributed by atoms with van der Waals surface area (Å²) < 4.78 is 40.2. The molecule has 3 atom stereocenters. The Balaban J connectivity index is 0.00000218. The number of nitrogens with one attached hydrogen (secondary N) is 2. The summed E-state index contributed by atoms with van der Waals surface area (Å²) in [6.07, 6.45) is -2.10. The molecular weight excluding hydrogens is 417 g/mol. The summed E-state index contributed by atoms with van der Waals surface area (Å²) in [4.78, 5) is 14.9. The normalized spacial score (nSPS) is 25.6. The second kappa shape index (κ2) is 7.89. The number of carbonyl (C=O) groups excluding carboxylic acids is 1. The van der Waals surface area contributed by atoms with Crippen LogP contribution < -0.4 is 5.32 Å². The van der Waals surface area contributed by atoms with Gasteiger partial charge in [-0.1, -0.05) is 18.2 Å². The Hall–Kier alpha value is -2.06. The van der Waals surface area contributed by atoms with Crippen LogP contribution in [0.3, 0.4) is 0 Å². The molecular formula is C21H24ClF3N4O. The molecule has 162 valence electrons. The van der Waals surface area contributed by atoms with Crippen molar-refractivity contribution < 1.29 is 18.0 Å². The molecule has 0 bridgehead atoms. The molecule has 1 aromatic carbocycles. The molecule has 5 nitrogen and oxygen atoms in total. The molecule has 1 aliphatic carbocycles. The van der Waals surface area contributed by atoms with Crippen molar-refractivity contribution in [3.63, 3.8) is 0 Å². The molecule has 5 rings (SSSR count). The second-order valence-electron chi connectivity index (χ2n) is 8.44. The van der Waals surface area contributed by atoms with E-state index in [1.165, 1.54) is 12.1 Å². The molecule has 2 fully saturated rings. The van der Waals surface area contributed by atoms with E-state index in [0.717, 1.165) is 24.2 Å². The van der Waals surface area contributed by atoms with Crippen molar-refractivity contribution in [2.75, 3.05) is 19.6 Å². The van der Waals surface area contributed by atoms with Gasteiger partial charge in [0.15, 0.2) is 5.69 Å². The number of benzene rings is 1. The van der Waals surface area contributed by atoms with E-state index in [1.807, 2.05) is 4.90 Å². The molecule has 1 saturated heterocycles. The molecule has 9 heteroatoms. The lowest BCUT2D eigenvalue weighted by atomic mass is 9.91. The zero-order valence-corrected chi connectivity index (χ0v) is 17.2. The number of nitrogens with zero attached hydrogens (tertiary/aromatic N) is 2. The fourth-order valence-electron chi connectivity index (χ4n) is 5.38. The molecule has 2 aromatic rings. The Morgan fingerprint density at radius 1 is 1.13 bits per heavy atom. The minimum Gasteiger partial charge on any atom is -0.337 e. The third kappa shape index (κ3) is 3.60. The van der Waals surface area contributed by atoms with Gasteiger partial charge in [-0.3, -0.25) is 9.89 Å². The van der Waals surface area contributed by atoms with Crippen LogP contribution in [0.1, 0.15) is 51.6 Å². The van der Waals surface area contributed by atoms with Gasteiger partial charge in [0.1, 0.15) is 0 Å². The minimum absolute atomic E-state index is 0. The van der Waals surface area contributed by atoms with Crippen molar-refractivity contribution in [1.82, 2.24) is 20.4 Å². The number of alkyl halides is 3. The summed E-state index contributed by atoms with van der Waals surface area (Å²) in [6, 6.07) is 5.92. The third-order valence-corrected chi connectivity index (χ3v) is 6.75. The summed E-state index contributed by atoms with van der Waals surface area (Å²) in [6.45, 7) is 2.72. The maximum absolute atomic E-state index is 13.4. The van der Waals surface area contributed by atoms with Crippen molar-refractivity contribution >= 4 is 18.3 Å². The van der Waals surface area contributed by atoms with Crippen LogP contribution in [0.2, 0.25) is 0 Å².